The van der Waals surface area contributed by atoms with Crippen molar-refractivity contribution in [3.63, 3.8) is 0 Å². The summed E-state index contributed by atoms with van der Waals surface area (Å²) in [6.45, 7) is 4.25. The van der Waals surface area contributed by atoms with Gasteiger partial charge in [-0.05, 0) is 19.1 Å². The summed E-state index contributed by atoms with van der Waals surface area (Å²) < 4.78 is 18.2. The fourth-order valence-corrected chi connectivity index (χ4v) is 3.56. The number of thiazole rings is 1. The van der Waals surface area contributed by atoms with Crippen molar-refractivity contribution in [3.8, 4) is 11.3 Å². The summed E-state index contributed by atoms with van der Waals surface area (Å²) in [6, 6.07) is 2.75. The number of fused-ring (bicyclic) bond motifs is 1. The lowest BCUT2D eigenvalue weighted by molar-refractivity contribution is -0.661. The standard InChI is InChI=1S/C17H15FN2O3S/c1-4-20-7-12(17(22)23)16(21)11-5-13(18)10(6-14(11)20)15-8-24-9(2)19(15)3/h5-8H,4H2,1-3H3/p+1. The van der Waals surface area contributed by atoms with Gasteiger partial charge >= 0.3 is 5.97 Å². The van der Waals surface area contributed by atoms with Crippen molar-refractivity contribution in [1.82, 2.24) is 4.57 Å². The van der Waals surface area contributed by atoms with E-state index in [1.54, 1.807) is 10.6 Å². The molecule has 0 radical (unpaired) electrons. The van der Waals surface area contributed by atoms with Gasteiger partial charge in [0.15, 0.2) is 0 Å². The third-order valence-corrected chi connectivity index (χ3v) is 5.15. The van der Waals surface area contributed by atoms with Crippen LogP contribution in [-0.4, -0.2) is 15.6 Å². The molecule has 0 aliphatic heterocycles. The minimum absolute atomic E-state index is 0.0765. The van der Waals surface area contributed by atoms with E-state index in [-0.39, 0.29) is 10.9 Å². The zero-order valence-corrected chi connectivity index (χ0v) is 14.3. The highest BCUT2D eigenvalue weighted by molar-refractivity contribution is 7.09. The number of aromatic carboxylic acids is 1. The maximum Gasteiger partial charge on any atom is 0.341 e. The molecule has 24 heavy (non-hydrogen) atoms. The predicted molar refractivity (Wildman–Crippen MR) is 90.0 cm³/mol. The quantitative estimate of drug-likeness (QED) is 0.741. The molecule has 7 heteroatoms. The van der Waals surface area contributed by atoms with Gasteiger partial charge < -0.3 is 9.67 Å². The summed E-state index contributed by atoms with van der Waals surface area (Å²) in [5, 5.41) is 12.1. The van der Waals surface area contributed by atoms with Gasteiger partial charge in [-0.3, -0.25) is 4.79 Å². The van der Waals surface area contributed by atoms with Gasteiger partial charge in [0.2, 0.25) is 16.1 Å². The number of aromatic nitrogens is 2. The Balaban J connectivity index is 2.40. The van der Waals surface area contributed by atoms with Crippen molar-refractivity contribution < 1.29 is 18.9 Å². The minimum Gasteiger partial charge on any atom is -0.477 e. The Kier molecular flexibility index (Phi) is 3.96. The molecule has 0 amide bonds. The first kappa shape index (κ1) is 16.3. The van der Waals surface area contributed by atoms with E-state index < -0.39 is 17.2 Å². The molecular formula is C17H16FN2O3S+. The molecule has 0 aliphatic rings. The van der Waals surface area contributed by atoms with Crippen LogP contribution in [0.4, 0.5) is 4.39 Å². The Hall–Kier alpha value is -2.54. The molecule has 0 aliphatic carbocycles. The Morgan fingerprint density at radius 2 is 2.12 bits per heavy atom. The van der Waals surface area contributed by atoms with Gasteiger partial charge in [-0.1, -0.05) is 11.3 Å². The van der Waals surface area contributed by atoms with Crippen molar-refractivity contribution >= 4 is 28.2 Å². The summed E-state index contributed by atoms with van der Waals surface area (Å²) in [4.78, 5) is 23.6. The normalized spacial score (nSPS) is 11.2. The van der Waals surface area contributed by atoms with Crippen molar-refractivity contribution in [2.75, 3.05) is 0 Å². The van der Waals surface area contributed by atoms with Crippen molar-refractivity contribution in [2.24, 2.45) is 7.05 Å². The monoisotopic (exact) mass is 347 g/mol. The second-order valence-corrected chi connectivity index (χ2v) is 6.57. The van der Waals surface area contributed by atoms with Crippen LogP contribution in [0.2, 0.25) is 0 Å². The molecule has 0 saturated carbocycles. The number of carboxylic acid groups (broad SMARTS) is 1. The molecule has 0 spiro atoms. The summed E-state index contributed by atoms with van der Waals surface area (Å²) in [5.41, 5.74) is 0.605. The van der Waals surface area contributed by atoms with Gasteiger partial charge in [0.05, 0.1) is 16.5 Å². The molecule has 2 heterocycles. The lowest BCUT2D eigenvalue weighted by Gasteiger charge is -2.11. The highest BCUT2D eigenvalue weighted by atomic mass is 32.1. The van der Waals surface area contributed by atoms with Gasteiger partial charge in [0.25, 0.3) is 0 Å². The van der Waals surface area contributed by atoms with E-state index >= 15 is 0 Å². The van der Waals surface area contributed by atoms with E-state index in [1.807, 2.05) is 30.8 Å². The number of aryl methyl sites for hydroxylation is 2. The number of hydrogen-bond donors (Lipinski definition) is 1. The zero-order chi connectivity index (χ0) is 17.6. The maximum atomic E-state index is 14.6. The molecule has 0 fully saturated rings. The van der Waals surface area contributed by atoms with Crippen LogP contribution in [0.1, 0.15) is 22.3 Å². The van der Waals surface area contributed by atoms with Gasteiger partial charge in [0.1, 0.15) is 18.4 Å². The largest absolute Gasteiger partial charge is 0.477 e. The molecular weight excluding hydrogens is 331 g/mol. The molecule has 0 unspecified atom stereocenters. The third kappa shape index (κ3) is 2.41. The van der Waals surface area contributed by atoms with Crippen LogP contribution in [0.5, 0.6) is 0 Å². The van der Waals surface area contributed by atoms with Crippen LogP contribution >= 0.6 is 11.3 Å². The number of hydrogen-bond acceptors (Lipinski definition) is 3. The summed E-state index contributed by atoms with van der Waals surface area (Å²) in [7, 11) is 1.85. The fourth-order valence-electron chi connectivity index (χ4n) is 2.73. The lowest BCUT2D eigenvalue weighted by atomic mass is 10.1. The highest BCUT2D eigenvalue weighted by Crippen LogP contribution is 2.27. The SMILES string of the molecule is CCn1cc(C(=O)O)c(=O)c2cc(F)c(-c3csc(C)[n+]3C)cc21. The van der Waals surface area contributed by atoms with E-state index in [2.05, 4.69) is 0 Å². The number of nitrogens with zero attached hydrogens (tertiary/aromatic N) is 2. The summed E-state index contributed by atoms with van der Waals surface area (Å²) in [5.74, 6) is -1.85. The first-order valence-electron chi connectivity index (χ1n) is 7.39. The van der Waals surface area contributed by atoms with Crippen LogP contribution in [0.3, 0.4) is 0 Å². The van der Waals surface area contributed by atoms with E-state index in [4.69, 9.17) is 0 Å². The van der Waals surface area contributed by atoms with Crippen LogP contribution < -0.4 is 10.00 Å². The van der Waals surface area contributed by atoms with Crippen molar-refractivity contribution in [1.29, 1.82) is 0 Å². The second kappa shape index (κ2) is 5.83. The molecule has 3 aromatic rings. The average molecular weight is 347 g/mol. The van der Waals surface area contributed by atoms with Gasteiger partial charge in [-0.25, -0.2) is 9.18 Å². The molecule has 5 nitrogen and oxygen atoms in total. The first-order chi connectivity index (χ1) is 11.3. The molecule has 0 saturated heterocycles. The number of carbonyl (C=O) groups is 1. The number of benzene rings is 1. The Morgan fingerprint density at radius 1 is 1.42 bits per heavy atom. The molecule has 1 aromatic carbocycles. The van der Waals surface area contributed by atoms with E-state index in [9.17, 15) is 19.1 Å². The Bertz CT molecular complexity index is 1040. The van der Waals surface area contributed by atoms with E-state index in [1.165, 1.54) is 17.5 Å². The minimum atomic E-state index is -1.31. The topological polar surface area (TPSA) is 63.2 Å². The summed E-state index contributed by atoms with van der Waals surface area (Å²) >= 11 is 1.51. The van der Waals surface area contributed by atoms with Crippen LogP contribution in [0.15, 0.2) is 28.5 Å². The zero-order valence-electron chi connectivity index (χ0n) is 13.5. The molecule has 124 valence electrons. The van der Waals surface area contributed by atoms with Gasteiger partial charge in [0, 0.05) is 25.1 Å². The van der Waals surface area contributed by atoms with Crippen LogP contribution in [0.25, 0.3) is 22.2 Å². The second-order valence-electron chi connectivity index (χ2n) is 5.51. The molecule has 1 N–H and O–H groups in total. The molecule has 0 atom stereocenters. The molecule has 3 rings (SSSR count). The Labute approximate surface area is 141 Å². The number of rotatable bonds is 3. The highest BCUT2D eigenvalue weighted by Gasteiger charge is 2.22. The number of carboxylic acids is 1. The molecule has 2 aromatic heterocycles. The van der Waals surface area contributed by atoms with Crippen molar-refractivity contribution in [2.45, 2.75) is 20.4 Å². The molecule has 0 bridgehead atoms. The first-order valence-corrected chi connectivity index (χ1v) is 8.27. The van der Waals surface area contributed by atoms with Gasteiger partial charge in [-0.15, -0.1) is 0 Å². The van der Waals surface area contributed by atoms with E-state index in [0.29, 0.717) is 23.3 Å². The number of halogens is 1. The summed E-state index contributed by atoms with van der Waals surface area (Å²) in [6.07, 6.45) is 1.31. The van der Waals surface area contributed by atoms with Crippen molar-refractivity contribution in [3.05, 3.63) is 50.3 Å². The maximum absolute atomic E-state index is 14.6. The predicted octanol–water partition coefficient (Wildman–Crippen LogP) is 2.72. The smallest absolute Gasteiger partial charge is 0.341 e. The van der Waals surface area contributed by atoms with Crippen LogP contribution in [0, 0.1) is 12.7 Å². The third-order valence-electron chi connectivity index (χ3n) is 4.19. The average Bonchev–Trinajstić information content (AvgIpc) is 2.87. The lowest BCUT2D eigenvalue weighted by Crippen LogP contribution is -2.31. The van der Waals surface area contributed by atoms with Gasteiger partial charge in [-0.2, -0.15) is 4.57 Å². The van der Waals surface area contributed by atoms with Crippen LogP contribution in [-0.2, 0) is 13.6 Å². The fraction of sp³-hybridized carbons (Fsp3) is 0.235. The van der Waals surface area contributed by atoms with E-state index in [0.717, 1.165) is 11.1 Å². The number of pyridine rings is 1. The Morgan fingerprint density at radius 3 is 2.67 bits per heavy atom.